The van der Waals surface area contributed by atoms with Crippen LogP contribution in [0.2, 0.25) is 0 Å². The predicted octanol–water partition coefficient (Wildman–Crippen LogP) is 12.0. The Labute approximate surface area is 280 Å². The molecule has 246 valence electrons. The highest BCUT2D eigenvalue weighted by Crippen LogP contribution is 2.45. The largest absolute Gasteiger partial charge is 0.490 e. The minimum atomic E-state index is 0.124. The fourth-order valence-electron chi connectivity index (χ4n) is 6.03. The maximum absolute atomic E-state index is 6.24. The van der Waals surface area contributed by atoms with E-state index in [0.717, 1.165) is 72.5 Å². The summed E-state index contributed by atoms with van der Waals surface area (Å²) < 4.78 is 24.8. The van der Waals surface area contributed by atoms with Gasteiger partial charge < -0.3 is 18.9 Å². The molecule has 4 nitrogen and oxygen atoms in total. The first-order valence-electron chi connectivity index (χ1n) is 17.1. The van der Waals surface area contributed by atoms with Gasteiger partial charge in [-0.1, -0.05) is 85.3 Å². The molecule has 0 N–H and O–H groups in total. The van der Waals surface area contributed by atoms with E-state index in [1.165, 1.54) is 11.1 Å². The van der Waals surface area contributed by atoms with Gasteiger partial charge in [0.15, 0.2) is 0 Å². The van der Waals surface area contributed by atoms with Crippen LogP contribution in [0.25, 0.3) is 43.1 Å². The van der Waals surface area contributed by atoms with E-state index < -0.39 is 0 Å². The lowest BCUT2D eigenvalue weighted by molar-refractivity contribution is 0.244. The van der Waals surface area contributed by atoms with E-state index >= 15 is 0 Å². The molecule has 0 aliphatic heterocycles. The third-order valence-electron chi connectivity index (χ3n) is 7.89. The number of ether oxygens (including phenoxy) is 4. The Hall–Kier alpha value is -4.44. The molecule has 6 aromatic rings. The molecule has 0 aliphatic carbocycles. The molecule has 0 bridgehead atoms. The summed E-state index contributed by atoms with van der Waals surface area (Å²) in [7, 11) is 0. The second kappa shape index (κ2) is 14.5. The molecule has 0 heterocycles. The van der Waals surface area contributed by atoms with Crippen LogP contribution in [0, 0.1) is 6.92 Å². The predicted molar refractivity (Wildman–Crippen MR) is 200 cm³/mol. The summed E-state index contributed by atoms with van der Waals surface area (Å²) in [5.41, 5.74) is 2.53. The SMILES string of the molecule is CCc1ccc2c(OC(C)C)c3ccccc3c(OC(C)C)c2c1.Cc1ccc2c(OC(C)C)c3ccccc3c(OC(C)C)c2c1. The number of hydrogen-bond donors (Lipinski definition) is 0. The average molecular weight is 631 g/mol. The van der Waals surface area contributed by atoms with Gasteiger partial charge in [-0.25, -0.2) is 0 Å². The van der Waals surface area contributed by atoms with Gasteiger partial charge in [-0.3, -0.25) is 0 Å². The number of fused-ring (bicyclic) bond motifs is 4. The van der Waals surface area contributed by atoms with Crippen LogP contribution in [0.1, 0.15) is 73.4 Å². The van der Waals surface area contributed by atoms with Gasteiger partial charge in [-0.2, -0.15) is 0 Å². The Bertz CT molecular complexity index is 2000. The van der Waals surface area contributed by atoms with Crippen molar-refractivity contribution in [2.45, 2.75) is 100 Å². The van der Waals surface area contributed by atoms with Crippen molar-refractivity contribution in [2.24, 2.45) is 0 Å². The fraction of sp³-hybridized carbons (Fsp3) is 0.349. The van der Waals surface area contributed by atoms with Crippen molar-refractivity contribution >= 4 is 43.1 Å². The lowest BCUT2D eigenvalue weighted by Crippen LogP contribution is -2.09. The van der Waals surface area contributed by atoms with Crippen LogP contribution in [0.4, 0.5) is 0 Å². The Balaban J connectivity index is 0.000000185. The van der Waals surface area contributed by atoms with E-state index in [9.17, 15) is 0 Å². The molecule has 0 radical (unpaired) electrons. The zero-order valence-electron chi connectivity index (χ0n) is 29.7. The number of rotatable bonds is 9. The molecular formula is C43H50O4. The van der Waals surface area contributed by atoms with Crippen molar-refractivity contribution in [1.82, 2.24) is 0 Å². The van der Waals surface area contributed by atoms with Gasteiger partial charge in [-0.05, 0) is 86.4 Å². The smallest absolute Gasteiger partial charge is 0.135 e. The number of hydrogen-bond acceptors (Lipinski definition) is 4. The van der Waals surface area contributed by atoms with Crippen LogP contribution in [-0.4, -0.2) is 24.4 Å². The summed E-state index contributed by atoms with van der Waals surface area (Å²) in [6, 6.07) is 29.7. The third-order valence-corrected chi connectivity index (χ3v) is 7.89. The molecule has 0 atom stereocenters. The molecule has 0 aliphatic rings. The van der Waals surface area contributed by atoms with Crippen LogP contribution in [0.15, 0.2) is 84.9 Å². The van der Waals surface area contributed by atoms with Crippen molar-refractivity contribution in [3.63, 3.8) is 0 Å². The molecule has 0 saturated carbocycles. The first kappa shape index (κ1) is 33.9. The molecule has 0 fully saturated rings. The van der Waals surface area contributed by atoms with Gasteiger partial charge in [0.25, 0.3) is 0 Å². The molecule has 0 saturated heterocycles. The van der Waals surface area contributed by atoms with Crippen LogP contribution in [0.3, 0.4) is 0 Å². The Morgan fingerprint density at radius 3 is 1.09 bits per heavy atom. The maximum Gasteiger partial charge on any atom is 0.135 e. The van der Waals surface area contributed by atoms with Gasteiger partial charge in [-0.15, -0.1) is 0 Å². The van der Waals surface area contributed by atoms with Gasteiger partial charge in [0.2, 0.25) is 0 Å². The summed E-state index contributed by atoms with van der Waals surface area (Å²) in [5, 5.41) is 8.92. The van der Waals surface area contributed by atoms with Crippen molar-refractivity contribution in [3.05, 3.63) is 96.1 Å². The van der Waals surface area contributed by atoms with Gasteiger partial charge in [0.05, 0.1) is 24.4 Å². The van der Waals surface area contributed by atoms with Gasteiger partial charge in [0, 0.05) is 43.1 Å². The molecule has 47 heavy (non-hydrogen) atoms. The molecular weight excluding hydrogens is 580 g/mol. The lowest BCUT2D eigenvalue weighted by Gasteiger charge is -2.21. The van der Waals surface area contributed by atoms with E-state index in [1.54, 1.807) is 0 Å². The first-order chi connectivity index (χ1) is 22.5. The molecule has 0 unspecified atom stereocenters. The third kappa shape index (κ3) is 7.43. The van der Waals surface area contributed by atoms with E-state index in [1.807, 2.05) is 0 Å². The van der Waals surface area contributed by atoms with Crippen molar-refractivity contribution < 1.29 is 18.9 Å². The number of benzene rings is 6. The highest BCUT2D eigenvalue weighted by atomic mass is 16.5. The topological polar surface area (TPSA) is 36.9 Å². The average Bonchev–Trinajstić information content (AvgIpc) is 3.03. The number of aryl methyl sites for hydroxylation is 2. The zero-order valence-corrected chi connectivity index (χ0v) is 29.7. The Morgan fingerprint density at radius 2 is 0.723 bits per heavy atom. The maximum atomic E-state index is 6.24. The minimum absolute atomic E-state index is 0.124. The fourth-order valence-corrected chi connectivity index (χ4v) is 6.03. The monoisotopic (exact) mass is 630 g/mol. The molecule has 4 heteroatoms. The van der Waals surface area contributed by atoms with Crippen molar-refractivity contribution in [3.8, 4) is 23.0 Å². The Kier molecular flexibility index (Phi) is 10.5. The van der Waals surface area contributed by atoms with Crippen LogP contribution < -0.4 is 18.9 Å². The van der Waals surface area contributed by atoms with Crippen molar-refractivity contribution in [2.75, 3.05) is 0 Å². The second-order valence-electron chi connectivity index (χ2n) is 13.4. The van der Waals surface area contributed by atoms with Gasteiger partial charge in [0.1, 0.15) is 23.0 Å². The molecule has 0 aromatic heterocycles. The van der Waals surface area contributed by atoms with Gasteiger partial charge >= 0.3 is 0 Å². The Morgan fingerprint density at radius 1 is 0.404 bits per heavy atom. The summed E-state index contributed by atoms with van der Waals surface area (Å²) in [6.45, 7) is 20.8. The standard InChI is InChI=1S/C22H26O2.C21H24O2/c1-6-16-11-12-19-20(13-16)22(24-15(4)5)18-10-8-7-9-17(18)21(19)23-14(2)3;1-13(2)22-20-16-8-6-7-9-17(16)21(23-14(3)4)19-12-15(5)10-11-18(19)20/h7-15H,6H2,1-5H3;6-14H,1-5H3. The highest BCUT2D eigenvalue weighted by Gasteiger charge is 2.19. The lowest BCUT2D eigenvalue weighted by atomic mass is 9.98. The summed E-state index contributed by atoms with van der Waals surface area (Å²) in [6.07, 6.45) is 1.50. The second-order valence-corrected chi connectivity index (χ2v) is 13.4. The van der Waals surface area contributed by atoms with Crippen LogP contribution in [0.5, 0.6) is 23.0 Å². The quantitative estimate of drug-likeness (QED) is 0.149. The first-order valence-corrected chi connectivity index (χ1v) is 17.1. The zero-order chi connectivity index (χ0) is 33.8. The molecule has 0 spiro atoms. The molecule has 6 aromatic carbocycles. The summed E-state index contributed by atoms with van der Waals surface area (Å²) >= 11 is 0. The normalized spacial score (nSPS) is 11.6. The van der Waals surface area contributed by atoms with E-state index in [2.05, 4.69) is 154 Å². The van der Waals surface area contributed by atoms with Crippen molar-refractivity contribution in [1.29, 1.82) is 0 Å². The molecule has 6 rings (SSSR count). The van der Waals surface area contributed by atoms with E-state index in [4.69, 9.17) is 18.9 Å². The van der Waals surface area contributed by atoms with E-state index in [-0.39, 0.29) is 24.4 Å². The van der Waals surface area contributed by atoms with Crippen LogP contribution in [-0.2, 0) is 6.42 Å². The highest BCUT2D eigenvalue weighted by molar-refractivity contribution is 6.12. The summed E-state index contributed by atoms with van der Waals surface area (Å²) in [4.78, 5) is 0. The summed E-state index contributed by atoms with van der Waals surface area (Å²) in [5.74, 6) is 3.81. The minimum Gasteiger partial charge on any atom is -0.490 e. The van der Waals surface area contributed by atoms with E-state index in [0.29, 0.717) is 0 Å². The van der Waals surface area contributed by atoms with Crippen LogP contribution >= 0.6 is 0 Å². The molecule has 0 amide bonds.